The lowest BCUT2D eigenvalue weighted by Crippen LogP contribution is -2.47. The molecule has 5 heteroatoms. The molecular weight excluding hydrogens is 316 g/mol. The minimum atomic E-state index is -0.501. The Morgan fingerprint density at radius 3 is 2.24 bits per heavy atom. The minimum absolute atomic E-state index is 0.501. The van der Waals surface area contributed by atoms with Gasteiger partial charge in [-0.3, -0.25) is 4.90 Å². The van der Waals surface area contributed by atoms with E-state index < -0.39 is 6.10 Å². The molecule has 0 amide bonds. The van der Waals surface area contributed by atoms with E-state index in [2.05, 4.69) is 21.9 Å². The number of aliphatic hydroxyl groups is 1. The highest BCUT2D eigenvalue weighted by Gasteiger charge is 2.20. The van der Waals surface area contributed by atoms with Crippen LogP contribution in [0.25, 0.3) is 0 Å². The fraction of sp³-hybridized carbons (Fsp3) is 0.400. The Kier molecular flexibility index (Phi) is 5.79. The van der Waals surface area contributed by atoms with Gasteiger partial charge in [-0.15, -0.1) is 0 Å². The summed E-state index contributed by atoms with van der Waals surface area (Å²) >= 11 is 0. The van der Waals surface area contributed by atoms with E-state index in [0.29, 0.717) is 6.54 Å². The zero-order valence-corrected chi connectivity index (χ0v) is 14.9. The molecule has 1 aliphatic heterocycles. The van der Waals surface area contributed by atoms with Gasteiger partial charge in [0.05, 0.1) is 20.3 Å². The smallest absolute Gasteiger partial charge is 0.120 e. The molecule has 2 aromatic carbocycles. The van der Waals surface area contributed by atoms with Crippen LogP contribution in [0.15, 0.2) is 48.5 Å². The van der Waals surface area contributed by atoms with Crippen LogP contribution in [0.2, 0.25) is 0 Å². The highest BCUT2D eigenvalue weighted by Crippen LogP contribution is 2.24. The molecule has 0 spiro atoms. The molecular formula is C20H26N2O3. The second kappa shape index (κ2) is 8.23. The first kappa shape index (κ1) is 17.6. The van der Waals surface area contributed by atoms with Gasteiger partial charge in [-0.1, -0.05) is 18.2 Å². The number of methoxy groups -OCH3 is 2. The average molecular weight is 342 g/mol. The fourth-order valence-electron chi connectivity index (χ4n) is 3.19. The van der Waals surface area contributed by atoms with Gasteiger partial charge in [-0.2, -0.15) is 0 Å². The molecule has 1 saturated heterocycles. The normalized spacial score (nSPS) is 16.5. The van der Waals surface area contributed by atoms with Gasteiger partial charge in [0.2, 0.25) is 0 Å². The van der Waals surface area contributed by atoms with Crippen molar-refractivity contribution in [3.8, 4) is 11.5 Å². The summed E-state index contributed by atoms with van der Waals surface area (Å²) in [7, 11) is 3.33. The van der Waals surface area contributed by atoms with Gasteiger partial charge in [-0.25, -0.2) is 0 Å². The Morgan fingerprint density at radius 2 is 1.56 bits per heavy atom. The molecule has 1 N–H and O–H groups in total. The third-order valence-electron chi connectivity index (χ3n) is 4.70. The van der Waals surface area contributed by atoms with E-state index in [1.807, 2.05) is 36.4 Å². The maximum Gasteiger partial charge on any atom is 0.120 e. The van der Waals surface area contributed by atoms with Crippen LogP contribution in [-0.2, 0) is 0 Å². The van der Waals surface area contributed by atoms with Crippen molar-refractivity contribution in [3.63, 3.8) is 0 Å². The van der Waals surface area contributed by atoms with Crippen LogP contribution in [0.5, 0.6) is 11.5 Å². The van der Waals surface area contributed by atoms with Crippen molar-refractivity contribution in [3.05, 3.63) is 54.1 Å². The number of benzene rings is 2. The number of anilines is 1. The monoisotopic (exact) mass is 342 g/mol. The number of piperazine rings is 1. The molecule has 5 nitrogen and oxygen atoms in total. The summed E-state index contributed by atoms with van der Waals surface area (Å²) in [5.41, 5.74) is 2.09. The molecule has 1 aliphatic rings. The lowest BCUT2D eigenvalue weighted by molar-refractivity contribution is 0.109. The lowest BCUT2D eigenvalue weighted by Gasteiger charge is -2.37. The van der Waals surface area contributed by atoms with Gasteiger partial charge in [0.1, 0.15) is 11.5 Å². The standard InChI is InChI=1S/C20H26N2O3/c1-24-18-7-3-5-16(13-18)20(23)15-21-9-11-22(12-10-21)17-6-4-8-19(14-17)25-2/h3-8,13-14,20,23H,9-12,15H2,1-2H3/t20-/m1/s1. The Balaban J connectivity index is 1.55. The van der Waals surface area contributed by atoms with Crippen molar-refractivity contribution in [2.75, 3.05) is 51.8 Å². The molecule has 1 atom stereocenters. The number of β-amino-alcohol motifs (C(OH)–C–C–N with tert-alkyl or cyclic N) is 1. The van der Waals surface area contributed by atoms with E-state index in [9.17, 15) is 5.11 Å². The number of rotatable bonds is 6. The van der Waals surface area contributed by atoms with Crippen molar-refractivity contribution in [1.29, 1.82) is 0 Å². The van der Waals surface area contributed by atoms with Crippen LogP contribution in [0.3, 0.4) is 0 Å². The Morgan fingerprint density at radius 1 is 0.920 bits per heavy atom. The largest absolute Gasteiger partial charge is 0.497 e. The van der Waals surface area contributed by atoms with E-state index in [4.69, 9.17) is 9.47 Å². The average Bonchev–Trinajstić information content (AvgIpc) is 2.68. The number of hydrogen-bond donors (Lipinski definition) is 1. The quantitative estimate of drug-likeness (QED) is 0.874. The zero-order chi connectivity index (χ0) is 17.6. The van der Waals surface area contributed by atoms with Gasteiger partial charge in [0.15, 0.2) is 0 Å². The van der Waals surface area contributed by atoms with E-state index in [0.717, 1.165) is 43.2 Å². The summed E-state index contributed by atoms with van der Waals surface area (Å²) < 4.78 is 10.5. The lowest BCUT2D eigenvalue weighted by atomic mass is 10.1. The maximum absolute atomic E-state index is 10.5. The van der Waals surface area contributed by atoms with Crippen molar-refractivity contribution >= 4 is 5.69 Å². The third kappa shape index (κ3) is 4.44. The van der Waals surface area contributed by atoms with Gasteiger partial charge in [0, 0.05) is 44.5 Å². The van der Waals surface area contributed by atoms with E-state index in [1.54, 1.807) is 14.2 Å². The Labute approximate surface area is 149 Å². The molecule has 134 valence electrons. The molecule has 0 unspecified atom stereocenters. The molecule has 1 fully saturated rings. The van der Waals surface area contributed by atoms with Gasteiger partial charge in [0.25, 0.3) is 0 Å². The molecule has 0 bridgehead atoms. The fourth-order valence-corrected chi connectivity index (χ4v) is 3.19. The third-order valence-corrected chi connectivity index (χ3v) is 4.70. The number of hydrogen-bond acceptors (Lipinski definition) is 5. The topological polar surface area (TPSA) is 45.2 Å². The molecule has 2 aromatic rings. The second-order valence-corrected chi connectivity index (χ2v) is 6.28. The molecule has 0 saturated carbocycles. The van der Waals surface area contributed by atoms with Gasteiger partial charge >= 0.3 is 0 Å². The maximum atomic E-state index is 10.5. The predicted molar refractivity (Wildman–Crippen MR) is 99.6 cm³/mol. The van der Waals surface area contributed by atoms with Crippen molar-refractivity contribution < 1.29 is 14.6 Å². The molecule has 3 rings (SSSR count). The first-order valence-corrected chi connectivity index (χ1v) is 8.63. The van der Waals surface area contributed by atoms with E-state index >= 15 is 0 Å². The molecule has 0 aliphatic carbocycles. The summed E-state index contributed by atoms with van der Waals surface area (Å²) in [5.74, 6) is 1.66. The van der Waals surface area contributed by atoms with Gasteiger partial charge in [-0.05, 0) is 29.8 Å². The van der Waals surface area contributed by atoms with Gasteiger partial charge < -0.3 is 19.5 Å². The van der Waals surface area contributed by atoms with Crippen LogP contribution >= 0.6 is 0 Å². The Hall–Kier alpha value is -2.24. The SMILES string of the molecule is COc1cccc([C@H](O)CN2CCN(c3cccc(OC)c3)CC2)c1. The van der Waals surface area contributed by atoms with Crippen molar-refractivity contribution in [2.45, 2.75) is 6.10 Å². The van der Waals surface area contributed by atoms with Crippen LogP contribution < -0.4 is 14.4 Å². The summed E-state index contributed by atoms with van der Waals surface area (Å²) in [6, 6.07) is 15.8. The summed E-state index contributed by atoms with van der Waals surface area (Å²) in [5, 5.41) is 10.5. The van der Waals surface area contributed by atoms with Crippen molar-refractivity contribution in [1.82, 2.24) is 4.90 Å². The minimum Gasteiger partial charge on any atom is -0.497 e. The molecule has 1 heterocycles. The summed E-state index contributed by atoms with van der Waals surface area (Å²) in [6.45, 7) is 4.38. The van der Waals surface area contributed by atoms with E-state index in [-0.39, 0.29) is 0 Å². The summed E-state index contributed by atoms with van der Waals surface area (Å²) in [4.78, 5) is 4.66. The first-order valence-electron chi connectivity index (χ1n) is 8.63. The van der Waals surface area contributed by atoms with Crippen molar-refractivity contribution in [2.24, 2.45) is 0 Å². The van der Waals surface area contributed by atoms with Crippen LogP contribution in [0.4, 0.5) is 5.69 Å². The number of ether oxygens (including phenoxy) is 2. The highest BCUT2D eigenvalue weighted by atomic mass is 16.5. The summed E-state index contributed by atoms with van der Waals surface area (Å²) in [6.07, 6.45) is -0.501. The van der Waals surface area contributed by atoms with Crippen LogP contribution in [-0.4, -0.2) is 56.9 Å². The molecule has 25 heavy (non-hydrogen) atoms. The second-order valence-electron chi connectivity index (χ2n) is 6.28. The number of aliphatic hydroxyl groups excluding tert-OH is 1. The number of nitrogens with zero attached hydrogens (tertiary/aromatic N) is 2. The first-order chi connectivity index (χ1) is 12.2. The Bertz CT molecular complexity index is 684. The zero-order valence-electron chi connectivity index (χ0n) is 14.9. The predicted octanol–water partition coefficient (Wildman–Crippen LogP) is 2.56. The molecule has 0 aromatic heterocycles. The van der Waals surface area contributed by atoms with E-state index in [1.165, 1.54) is 5.69 Å². The van der Waals surface area contributed by atoms with Crippen LogP contribution in [0, 0.1) is 0 Å². The molecule has 0 radical (unpaired) electrons. The van der Waals surface area contributed by atoms with Crippen LogP contribution in [0.1, 0.15) is 11.7 Å². The highest BCUT2D eigenvalue weighted by molar-refractivity contribution is 5.51.